The van der Waals surface area contributed by atoms with E-state index in [4.69, 9.17) is 0 Å². The average Bonchev–Trinajstić information content (AvgIpc) is 2.45. The number of nitrogens with one attached hydrogen (secondary N) is 1. The molecule has 0 aromatic heterocycles. The van der Waals surface area contributed by atoms with E-state index in [2.05, 4.69) is 30.9 Å². The molecule has 0 bridgehead atoms. The number of rotatable bonds is 5. The van der Waals surface area contributed by atoms with E-state index in [1.807, 2.05) is 0 Å². The molecular formula is C10H21NS. The lowest BCUT2D eigenvalue weighted by Gasteiger charge is -2.09. The summed E-state index contributed by atoms with van der Waals surface area (Å²) < 4.78 is 0. The third-order valence-corrected chi connectivity index (χ3v) is 3.80. The van der Waals surface area contributed by atoms with Crippen LogP contribution in [0.25, 0.3) is 0 Å². The van der Waals surface area contributed by atoms with Crippen molar-refractivity contribution in [2.75, 3.05) is 5.75 Å². The largest absolute Gasteiger partial charge is 0.302 e. The molecule has 1 N–H and O–H groups in total. The highest BCUT2D eigenvalue weighted by molar-refractivity contribution is 8.00. The molecule has 1 nitrogen and oxygen atoms in total. The predicted octanol–water partition coefficient (Wildman–Crippen LogP) is 3.01. The first-order chi connectivity index (χ1) is 5.83. The van der Waals surface area contributed by atoms with E-state index in [0.29, 0.717) is 0 Å². The van der Waals surface area contributed by atoms with E-state index in [-0.39, 0.29) is 0 Å². The van der Waals surface area contributed by atoms with Crippen molar-refractivity contribution in [2.45, 2.75) is 57.4 Å². The highest BCUT2D eigenvalue weighted by Gasteiger charge is 2.19. The lowest BCUT2D eigenvalue weighted by molar-refractivity contribution is 0.539. The molecule has 0 radical (unpaired) electrons. The number of hydrogen-bond donors (Lipinski definition) is 1. The fourth-order valence-corrected chi connectivity index (χ4v) is 2.88. The van der Waals surface area contributed by atoms with Crippen LogP contribution in [0.2, 0.25) is 0 Å². The molecule has 0 saturated carbocycles. The summed E-state index contributed by atoms with van der Waals surface area (Å²) in [6.45, 7) is 4.55. The van der Waals surface area contributed by atoms with E-state index in [0.717, 1.165) is 11.4 Å². The van der Waals surface area contributed by atoms with Gasteiger partial charge < -0.3 is 5.32 Å². The molecule has 0 aliphatic carbocycles. The second-order valence-electron chi connectivity index (χ2n) is 3.74. The van der Waals surface area contributed by atoms with Gasteiger partial charge >= 0.3 is 0 Å². The van der Waals surface area contributed by atoms with E-state index in [1.54, 1.807) is 0 Å². The molecule has 2 unspecified atom stereocenters. The Kier molecular flexibility index (Phi) is 5.08. The Morgan fingerprint density at radius 3 is 2.75 bits per heavy atom. The molecule has 72 valence electrons. The molecule has 0 spiro atoms. The van der Waals surface area contributed by atoms with Crippen LogP contribution in [0, 0.1) is 0 Å². The summed E-state index contributed by atoms with van der Waals surface area (Å²) in [6, 6.07) is 0.742. The Hall–Kier alpha value is 0.310. The van der Waals surface area contributed by atoms with Gasteiger partial charge in [0.25, 0.3) is 0 Å². The molecule has 1 heterocycles. The van der Waals surface area contributed by atoms with Crippen molar-refractivity contribution in [1.82, 2.24) is 5.32 Å². The molecule has 0 aromatic carbocycles. The Morgan fingerprint density at radius 2 is 2.17 bits per heavy atom. The van der Waals surface area contributed by atoms with Crippen molar-refractivity contribution in [3.8, 4) is 0 Å². The van der Waals surface area contributed by atoms with Crippen LogP contribution in [0.4, 0.5) is 0 Å². The monoisotopic (exact) mass is 187 g/mol. The van der Waals surface area contributed by atoms with Crippen LogP contribution >= 0.6 is 11.8 Å². The molecule has 1 aliphatic rings. The maximum absolute atomic E-state index is 3.59. The Labute approximate surface area is 80.7 Å². The van der Waals surface area contributed by atoms with Gasteiger partial charge in [-0.3, -0.25) is 0 Å². The second-order valence-corrected chi connectivity index (χ2v) is 4.97. The minimum Gasteiger partial charge on any atom is -0.302 e. The molecule has 0 amide bonds. The van der Waals surface area contributed by atoms with Gasteiger partial charge in [0.2, 0.25) is 0 Å². The molecular weight excluding hydrogens is 166 g/mol. The zero-order chi connectivity index (χ0) is 8.81. The van der Waals surface area contributed by atoms with Crippen molar-refractivity contribution in [3.63, 3.8) is 0 Å². The van der Waals surface area contributed by atoms with Gasteiger partial charge in [-0.15, -0.1) is 11.8 Å². The lowest BCUT2D eigenvalue weighted by Crippen LogP contribution is -2.26. The number of hydrogen-bond acceptors (Lipinski definition) is 2. The summed E-state index contributed by atoms with van der Waals surface area (Å²) in [5.41, 5.74) is 0. The van der Waals surface area contributed by atoms with Gasteiger partial charge in [-0.05, 0) is 13.3 Å². The maximum atomic E-state index is 3.59. The first-order valence-electron chi connectivity index (χ1n) is 5.20. The third-order valence-electron chi connectivity index (χ3n) is 2.34. The Morgan fingerprint density at radius 1 is 1.33 bits per heavy atom. The van der Waals surface area contributed by atoms with Gasteiger partial charge in [-0.2, -0.15) is 0 Å². The minimum absolute atomic E-state index is 0.742. The molecule has 1 aliphatic heterocycles. The Balaban J connectivity index is 1.93. The van der Waals surface area contributed by atoms with Crippen molar-refractivity contribution >= 4 is 11.8 Å². The maximum Gasteiger partial charge on any atom is 0.0535 e. The molecule has 12 heavy (non-hydrogen) atoms. The van der Waals surface area contributed by atoms with Crippen LogP contribution in [-0.2, 0) is 0 Å². The molecule has 2 heteroatoms. The fraction of sp³-hybridized carbons (Fsp3) is 1.00. The predicted molar refractivity (Wildman–Crippen MR) is 57.6 cm³/mol. The summed E-state index contributed by atoms with van der Waals surface area (Å²) in [5.74, 6) is 1.30. The number of unbranched alkanes of at least 4 members (excludes halogenated alkanes) is 3. The smallest absolute Gasteiger partial charge is 0.0535 e. The first-order valence-corrected chi connectivity index (χ1v) is 6.25. The second kappa shape index (κ2) is 5.87. The first kappa shape index (κ1) is 10.4. The highest BCUT2D eigenvalue weighted by Crippen LogP contribution is 2.22. The van der Waals surface area contributed by atoms with Gasteiger partial charge in [0.1, 0.15) is 0 Å². The van der Waals surface area contributed by atoms with E-state index < -0.39 is 0 Å². The molecule has 2 atom stereocenters. The lowest BCUT2D eigenvalue weighted by atomic mass is 10.1. The minimum atomic E-state index is 0.742. The number of thioether (sulfide) groups is 1. The normalized spacial score (nSPS) is 29.5. The van der Waals surface area contributed by atoms with Crippen LogP contribution < -0.4 is 5.32 Å². The van der Waals surface area contributed by atoms with Gasteiger partial charge in [0, 0.05) is 11.8 Å². The molecule has 1 rings (SSSR count). The molecule has 0 aromatic rings. The van der Waals surface area contributed by atoms with Crippen LogP contribution in [0.5, 0.6) is 0 Å². The van der Waals surface area contributed by atoms with Gasteiger partial charge in [0.15, 0.2) is 0 Å². The average molecular weight is 187 g/mol. The van der Waals surface area contributed by atoms with Crippen molar-refractivity contribution in [2.24, 2.45) is 0 Å². The zero-order valence-electron chi connectivity index (χ0n) is 8.31. The van der Waals surface area contributed by atoms with Crippen LogP contribution in [0.3, 0.4) is 0 Å². The van der Waals surface area contributed by atoms with Crippen LogP contribution in [0.15, 0.2) is 0 Å². The summed E-state index contributed by atoms with van der Waals surface area (Å²) in [5, 5.41) is 4.35. The summed E-state index contributed by atoms with van der Waals surface area (Å²) in [6.07, 6.45) is 6.96. The van der Waals surface area contributed by atoms with E-state index in [1.165, 1.54) is 37.9 Å². The van der Waals surface area contributed by atoms with Gasteiger partial charge in [0.05, 0.1) is 5.37 Å². The topological polar surface area (TPSA) is 12.0 Å². The van der Waals surface area contributed by atoms with Crippen LogP contribution in [0.1, 0.15) is 46.0 Å². The quantitative estimate of drug-likeness (QED) is 0.664. The third kappa shape index (κ3) is 3.81. The Bertz CT molecular complexity index is 116. The summed E-state index contributed by atoms with van der Waals surface area (Å²) >= 11 is 2.10. The standard InChI is InChI=1S/C10H21NS/c1-3-4-5-6-7-10-11-9(2)8-12-10/h9-11H,3-8H2,1-2H3. The SMILES string of the molecule is CCCCCCC1NC(C)CS1. The van der Waals surface area contributed by atoms with E-state index in [9.17, 15) is 0 Å². The summed E-state index contributed by atoms with van der Waals surface area (Å²) in [4.78, 5) is 0. The highest BCUT2D eigenvalue weighted by atomic mass is 32.2. The van der Waals surface area contributed by atoms with Crippen molar-refractivity contribution < 1.29 is 0 Å². The fourth-order valence-electron chi connectivity index (χ4n) is 1.60. The van der Waals surface area contributed by atoms with Crippen LogP contribution in [-0.4, -0.2) is 17.2 Å². The summed E-state index contributed by atoms with van der Waals surface area (Å²) in [7, 11) is 0. The molecule has 1 fully saturated rings. The van der Waals surface area contributed by atoms with E-state index >= 15 is 0 Å². The zero-order valence-corrected chi connectivity index (χ0v) is 9.12. The van der Waals surface area contributed by atoms with Gasteiger partial charge in [-0.1, -0.05) is 32.6 Å². The van der Waals surface area contributed by atoms with Gasteiger partial charge in [-0.25, -0.2) is 0 Å². The van der Waals surface area contributed by atoms with Crippen molar-refractivity contribution in [3.05, 3.63) is 0 Å². The molecule has 1 saturated heterocycles. The van der Waals surface area contributed by atoms with Crippen molar-refractivity contribution in [1.29, 1.82) is 0 Å².